The topological polar surface area (TPSA) is 43.4 Å². The highest BCUT2D eigenvalue weighted by Gasteiger charge is 2.56. The molecule has 2 atom stereocenters. The number of cyclic esters (lactones) is 1. The van der Waals surface area contributed by atoms with Crippen LogP contribution in [0.4, 0.5) is 0 Å². The first kappa shape index (κ1) is 18.7. The molecule has 4 rings (SSSR count). The quantitative estimate of drug-likeness (QED) is 0.403. The summed E-state index contributed by atoms with van der Waals surface area (Å²) in [7, 11) is 0. The van der Waals surface area contributed by atoms with Crippen molar-refractivity contribution in [2.75, 3.05) is 0 Å². The predicted octanol–water partition coefficient (Wildman–Crippen LogP) is 5.80. The van der Waals surface area contributed by atoms with Gasteiger partial charge in [-0.05, 0) is 42.0 Å². The van der Waals surface area contributed by atoms with Gasteiger partial charge >= 0.3 is 5.97 Å². The van der Waals surface area contributed by atoms with Gasteiger partial charge in [-0.2, -0.15) is 0 Å². The normalized spacial score (nSPS) is 21.4. The lowest BCUT2D eigenvalue weighted by atomic mass is 9.73. The van der Waals surface area contributed by atoms with Gasteiger partial charge in [-0.1, -0.05) is 65.7 Å². The van der Waals surface area contributed by atoms with E-state index in [9.17, 15) is 9.59 Å². The molecule has 3 aromatic carbocycles. The van der Waals surface area contributed by atoms with Crippen LogP contribution in [0, 0.1) is 0 Å². The highest BCUT2D eigenvalue weighted by Crippen LogP contribution is 2.50. The molecule has 1 aliphatic rings. The monoisotopic (exact) mass is 410 g/mol. The van der Waals surface area contributed by atoms with Gasteiger partial charge in [-0.15, -0.1) is 0 Å². The largest absolute Gasteiger partial charge is 0.445 e. The van der Waals surface area contributed by atoms with Crippen LogP contribution in [-0.4, -0.2) is 11.8 Å². The highest BCUT2D eigenvalue weighted by molar-refractivity contribution is 6.31. The molecule has 1 heterocycles. The van der Waals surface area contributed by atoms with Crippen LogP contribution in [0.3, 0.4) is 0 Å². The molecule has 0 amide bonds. The van der Waals surface area contributed by atoms with Crippen molar-refractivity contribution in [1.29, 1.82) is 0 Å². The van der Waals surface area contributed by atoms with E-state index in [4.69, 9.17) is 27.9 Å². The van der Waals surface area contributed by atoms with Gasteiger partial charge in [0.1, 0.15) is 0 Å². The summed E-state index contributed by atoms with van der Waals surface area (Å²) in [6.45, 7) is 0. The lowest BCUT2D eigenvalue weighted by molar-refractivity contribution is -0.146. The summed E-state index contributed by atoms with van der Waals surface area (Å²) in [5.74, 6) is -1.15. The lowest BCUT2D eigenvalue weighted by Crippen LogP contribution is -2.40. The van der Waals surface area contributed by atoms with Crippen LogP contribution in [0.15, 0.2) is 78.9 Å². The molecule has 5 heteroatoms. The van der Waals surface area contributed by atoms with E-state index in [0.29, 0.717) is 21.2 Å². The second-order valence-corrected chi connectivity index (χ2v) is 7.59. The Hall–Kier alpha value is -2.62. The van der Waals surface area contributed by atoms with Gasteiger partial charge < -0.3 is 4.74 Å². The molecule has 3 aromatic rings. The zero-order valence-corrected chi connectivity index (χ0v) is 16.3. The number of carbonyl (C=O) groups is 2. The fourth-order valence-electron chi connectivity index (χ4n) is 3.75. The van der Waals surface area contributed by atoms with Crippen molar-refractivity contribution in [3.05, 3.63) is 106 Å². The van der Waals surface area contributed by atoms with Crippen LogP contribution >= 0.6 is 23.2 Å². The Balaban J connectivity index is 1.92. The number of carbonyl (C=O) groups excluding carboxylic acids is 2. The van der Waals surface area contributed by atoms with E-state index in [2.05, 4.69) is 0 Å². The van der Waals surface area contributed by atoms with Gasteiger partial charge in [0.25, 0.3) is 0 Å². The van der Waals surface area contributed by atoms with Gasteiger partial charge in [0.2, 0.25) is 11.4 Å². The Morgan fingerprint density at radius 2 is 1.43 bits per heavy atom. The number of hydrogen-bond donors (Lipinski definition) is 0. The minimum atomic E-state index is -1.46. The van der Waals surface area contributed by atoms with E-state index >= 15 is 0 Å². The molecule has 0 N–H and O–H groups in total. The second-order valence-electron chi connectivity index (χ2n) is 6.72. The third-order valence-electron chi connectivity index (χ3n) is 5.06. The zero-order chi connectivity index (χ0) is 19.7. The molecule has 1 saturated heterocycles. The minimum Gasteiger partial charge on any atom is -0.445 e. The number of benzene rings is 3. The summed E-state index contributed by atoms with van der Waals surface area (Å²) in [5.41, 5.74) is 0.425. The Labute approximate surface area is 172 Å². The summed E-state index contributed by atoms with van der Waals surface area (Å²) in [6.07, 6.45) is 0.117. The van der Waals surface area contributed by atoms with E-state index in [0.717, 1.165) is 5.56 Å². The molecule has 140 valence electrons. The molecule has 0 unspecified atom stereocenters. The number of Topliss-reactive ketones (excluding diaryl/α,β-unsaturated/α-hetero) is 1. The molecule has 0 bridgehead atoms. The van der Waals surface area contributed by atoms with E-state index in [-0.39, 0.29) is 12.2 Å². The van der Waals surface area contributed by atoms with E-state index in [1.165, 1.54) is 0 Å². The van der Waals surface area contributed by atoms with E-state index < -0.39 is 17.5 Å². The van der Waals surface area contributed by atoms with Crippen molar-refractivity contribution in [2.24, 2.45) is 0 Å². The number of halogens is 2. The maximum atomic E-state index is 13.7. The number of esters is 1. The van der Waals surface area contributed by atoms with Crippen LogP contribution in [0.2, 0.25) is 10.0 Å². The van der Waals surface area contributed by atoms with Gasteiger partial charge in [0.05, 0.1) is 6.42 Å². The Bertz CT molecular complexity index is 1010. The fourth-order valence-corrected chi connectivity index (χ4v) is 4.00. The maximum Gasteiger partial charge on any atom is 0.307 e. The van der Waals surface area contributed by atoms with Crippen molar-refractivity contribution in [2.45, 2.75) is 17.9 Å². The molecule has 28 heavy (non-hydrogen) atoms. The second kappa shape index (κ2) is 7.42. The number of rotatable bonds is 4. The molecule has 0 radical (unpaired) electrons. The average molecular weight is 411 g/mol. The smallest absolute Gasteiger partial charge is 0.307 e. The first-order valence-corrected chi connectivity index (χ1v) is 9.59. The number of ketones is 1. The standard InChI is InChI=1S/C23H16Cl2O3/c24-18-10-6-16(7-11-18)22(27)23(17-8-12-19(25)13-9-17)20(14-21(26)28-23)15-4-2-1-3-5-15/h1-13,20H,14H2/t20-,23+/m0/s1. The van der Waals surface area contributed by atoms with Gasteiger partial charge in [-0.3, -0.25) is 9.59 Å². The molecule has 1 fully saturated rings. The Morgan fingerprint density at radius 3 is 2.04 bits per heavy atom. The molecule has 0 spiro atoms. The van der Waals surface area contributed by atoms with E-state index in [1.807, 2.05) is 30.3 Å². The molecule has 0 saturated carbocycles. The average Bonchev–Trinajstić information content (AvgIpc) is 3.07. The van der Waals surface area contributed by atoms with Gasteiger partial charge in [-0.25, -0.2) is 0 Å². The summed E-state index contributed by atoms with van der Waals surface area (Å²) in [5, 5.41) is 1.07. The van der Waals surface area contributed by atoms with E-state index in [1.54, 1.807) is 48.5 Å². The summed E-state index contributed by atoms with van der Waals surface area (Å²) < 4.78 is 5.82. The van der Waals surface area contributed by atoms with Gasteiger partial charge in [0.15, 0.2) is 0 Å². The summed E-state index contributed by atoms with van der Waals surface area (Å²) in [6, 6.07) is 23.0. The first-order chi connectivity index (χ1) is 13.5. The van der Waals surface area contributed by atoms with Crippen molar-refractivity contribution in [1.82, 2.24) is 0 Å². The molecular formula is C23H16Cl2O3. The van der Waals surface area contributed by atoms with Crippen molar-refractivity contribution >= 4 is 35.0 Å². The fraction of sp³-hybridized carbons (Fsp3) is 0.130. The molecular weight excluding hydrogens is 395 g/mol. The van der Waals surface area contributed by atoms with Crippen LogP contribution in [-0.2, 0) is 15.1 Å². The summed E-state index contributed by atoms with van der Waals surface area (Å²) in [4.78, 5) is 26.2. The molecule has 0 aliphatic carbocycles. The molecule has 3 nitrogen and oxygen atoms in total. The minimum absolute atomic E-state index is 0.117. The first-order valence-electron chi connectivity index (χ1n) is 8.84. The van der Waals surface area contributed by atoms with Crippen LogP contribution in [0.5, 0.6) is 0 Å². The molecule has 1 aliphatic heterocycles. The third-order valence-corrected chi connectivity index (χ3v) is 5.56. The zero-order valence-electron chi connectivity index (χ0n) is 14.8. The van der Waals surface area contributed by atoms with Gasteiger partial charge in [0, 0.05) is 27.1 Å². The lowest BCUT2D eigenvalue weighted by Gasteiger charge is -2.33. The third kappa shape index (κ3) is 3.21. The molecule has 0 aromatic heterocycles. The Morgan fingerprint density at radius 1 is 0.857 bits per heavy atom. The predicted molar refractivity (Wildman–Crippen MR) is 109 cm³/mol. The van der Waals surface area contributed by atoms with Crippen LogP contribution < -0.4 is 0 Å². The van der Waals surface area contributed by atoms with Crippen molar-refractivity contribution < 1.29 is 14.3 Å². The number of ether oxygens (including phenoxy) is 1. The van der Waals surface area contributed by atoms with Crippen LogP contribution in [0.1, 0.15) is 33.8 Å². The number of hydrogen-bond acceptors (Lipinski definition) is 3. The maximum absolute atomic E-state index is 13.7. The Kier molecular flexibility index (Phi) is 4.96. The SMILES string of the molecule is O=C1C[C@@H](c2ccccc2)[C@@](C(=O)c2ccc(Cl)cc2)(c2ccc(Cl)cc2)O1. The van der Waals surface area contributed by atoms with Crippen molar-refractivity contribution in [3.63, 3.8) is 0 Å². The van der Waals surface area contributed by atoms with Crippen molar-refractivity contribution in [3.8, 4) is 0 Å². The highest BCUT2D eigenvalue weighted by atomic mass is 35.5. The summed E-state index contributed by atoms with van der Waals surface area (Å²) >= 11 is 12.0. The van der Waals surface area contributed by atoms with Crippen LogP contribution in [0.25, 0.3) is 0 Å².